The normalized spacial score (nSPS) is 26.3. The fraction of sp³-hybridized carbons (Fsp3) is 0.909. The highest BCUT2D eigenvalue weighted by molar-refractivity contribution is 5.75. The van der Waals surface area contributed by atoms with E-state index in [0.717, 1.165) is 32.2 Å². The maximum Gasteiger partial charge on any atom is 0.219 e. The first-order valence-electron chi connectivity index (χ1n) is 5.90. The van der Waals surface area contributed by atoms with E-state index < -0.39 is 0 Å². The Bertz CT molecular complexity index is 189. The zero-order chi connectivity index (χ0) is 11.1. The summed E-state index contributed by atoms with van der Waals surface area (Å²) in [7, 11) is 0. The molecule has 1 aliphatic carbocycles. The minimum absolute atomic E-state index is 0.0946. The lowest BCUT2D eigenvalue weighted by molar-refractivity contribution is -0.120. The summed E-state index contributed by atoms with van der Waals surface area (Å²) in [5.74, 6) is 0.107. The van der Waals surface area contributed by atoms with Gasteiger partial charge in [0.05, 0.1) is 6.10 Å². The van der Waals surface area contributed by atoms with Gasteiger partial charge in [-0.15, -0.1) is 0 Å². The van der Waals surface area contributed by atoms with Crippen molar-refractivity contribution in [2.75, 3.05) is 13.1 Å². The minimum Gasteiger partial charge on any atom is -0.393 e. The molecule has 3 N–H and O–H groups in total. The summed E-state index contributed by atoms with van der Waals surface area (Å²) >= 11 is 0. The van der Waals surface area contributed by atoms with Crippen LogP contribution in [0.2, 0.25) is 0 Å². The summed E-state index contributed by atoms with van der Waals surface area (Å²) in [6, 6.07) is 0.520. The van der Waals surface area contributed by atoms with Crippen molar-refractivity contribution < 1.29 is 9.90 Å². The number of nitrogens with one attached hydrogen (secondary N) is 2. The van der Waals surface area contributed by atoms with Gasteiger partial charge < -0.3 is 15.7 Å². The fourth-order valence-corrected chi connectivity index (χ4v) is 1.88. The molecule has 1 rings (SSSR count). The molecule has 1 fully saturated rings. The highest BCUT2D eigenvalue weighted by Gasteiger charge is 2.18. The van der Waals surface area contributed by atoms with Crippen LogP contribution in [-0.2, 0) is 4.79 Å². The van der Waals surface area contributed by atoms with Crippen molar-refractivity contribution in [2.24, 2.45) is 0 Å². The second-order valence-corrected chi connectivity index (χ2v) is 4.16. The Morgan fingerprint density at radius 3 is 2.53 bits per heavy atom. The molecule has 88 valence electrons. The van der Waals surface area contributed by atoms with Crippen LogP contribution in [-0.4, -0.2) is 36.2 Å². The first kappa shape index (κ1) is 12.5. The summed E-state index contributed by atoms with van der Waals surface area (Å²) in [6.07, 6.45) is 4.35. The molecule has 0 atom stereocenters. The van der Waals surface area contributed by atoms with Gasteiger partial charge in [-0.1, -0.05) is 6.92 Å². The SMILES string of the molecule is CCC(=O)NCCNC1CCC(O)CC1. The average Bonchev–Trinajstić information content (AvgIpc) is 2.26. The van der Waals surface area contributed by atoms with Crippen LogP contribution in [0.1, 0.15) is 39.0 Å². The highest BCUT2D eigenvalue weighted by Crippen LogP contribution is 2.17. The molecule has 4 heteroatoms. The Morgan fingerprint density at radius 2 is 1.93 bits per heavy atom. The average molecular weight is 214 g/mol. The van der Waals surface area contributed by atoms with Crippen LogP contribution >= 0.6 is 0 Å². The van der Waals surface area contributed by atoms with Crippen LogP contribution in [0.15, 0.2) is 0 Å². The standard InChI is InChI=1S/C11H22N2O2/c1-2-11(15)13-8-7-12-9-3-5-10(14)6-4-9/h9-10,12,14H,2-8H2,1H3,(H,13,15). The Kier molecular flexibility index (Phi) is 5.65. The van der Waals surface area contributed by atoms with Crippen molar-refractivity contribution in [1.82, 2.24) is 10.6 Å². The lowest BCUT2D eigenvalue weighted by Crippen LogP contribution is -2.39. The van der Waals surface area contributed by atoms with Crippen LogP contribution in [0.4, 0.5) is 0 Å². The summed E-state index contributed by atoms with van der Waals surface area (Å²) in [5, 5.41) is 15.5. The molecule has 0 aromatic carbocycles. The number of carbonyl (C=O) groups excluding carboxylic acids is 1. The van der Waals surface area contributed by atoms with Crippen LogP contribution in [0.3, 0.4) is 0 Å². The van der Waals surface area contributed by atoms with Crippen molar-refractivity contribution in [2.45, 2.75) is 51.2 Å². The summed E-state index contributed by atoms with van der Waals surface area (Å²) in [5.41, 5.74) is 0. The third-order valence-corrected chi connectivity index (χ3v) is 2.90. The van der Waals surface area contributed by atoms with Crippen LogP contribution in [0.5, 0.6) is 0 Å². The third kappa shape index (κ3) is 5.14. The molecule has 4 nitrogen and oxygen atoms in total. The molecule has 15 heavy (non-hydrogen) atoms. The Morgan fingerprint density at radius 1 is 1.27 bits per heavy atom. The third-order valence-electron chi connectivity index (χ3n) is 2.90. The number of carbonyl (C=O) groups is 1. The summed E-state index contributed by atoms with van der Waals surface area (Å²) < 4.78 is 0. The minimum atomic E-state index is -0.0946. The van der Waals surface area contributed by atoms with Gasteiger partial charge in [0.2, 0.25) is 5.91 Å². The number of hydrogen-bond donors (Lipinski definition) is 3. The molecular weight excluding hydrogens is 192 g/mol. The molecule has 0 aliphatic heterocycles. The molecule has 0 radical (unpaired) electrons. The molecule has 1 aliphatic rings. The fourth-order valence-electron chi connectivity index (χ4n) is 1.88. The maximum absolute atomic E-state index is 10.9. The highest BCUT2D eigenvalue weighted by atomic mass is 16.3. The Balaban J connectivity index is 1.98. The second kappa shape index (κ2) is 6.80. The predicted octanol–water partition coefficient (Wildman–Crippen LogP) is 0.406. The second-order valence-electron chi connectivity index (χ2n) is 4.16. The Labute approximate surface area is 91.4 Å². The van der Waals surface area contributed by atoms with Gasteiger partial charge in [-0.05, 0) is 25.7 Å². The summed E-state index contributed by atoms with van der Waals surface area (Å²) in [4.78, 5) is 10.9. The van der Waals surface area contributed by atoms with E-state index >= 15 is 0 Å². The molecule has 1 amide bonds. The van der Waals surface area contributed by atoms with E-state index in [4.69, 9.17) is 0 Å². The van der Waals surface area contributed by atoms with Crippen molar-refractivity contribution in [3.63, 3.8) is 0 Å². The topological polar surface area (TPSA) is 61.4 Å². The zero-order valence-electron chi connectivity index (χ0n) is 9.46. The molecule has 0 bridgehead atoms. The van der Waals surface area contributed by atoms with Crippen molar-refractivity contribution in [1.29, 1.82) is 0 Å². The zero-order valence-corrected chi connectivity index (χ0v) is 9.46. The summed E-state index contributed by atoms with van der Waals surface area (Å²) in [6.45, 7) is 3.38. The lowest BCUT2D eigenvalue weighted by Gasteiger charge is -2.26. The molecule has 0 aromatic rings. The van der Waals surface area contributed by atoms with Gasteiger partial charge in [0.25, 0.3) is 0 Å². The molecule has 0 unspecified atom stereocenters. The van der Waals surface area contributed by atoms with Gasteiger partial charge in [0.15, 0.2) is 0 Å². The molecule has 1 saturated carbocycles. The van der Waals surface area contributed by atoms with Crippen LogP contribution in [0.25, 0.3) is 0 Å². The van der Waals surface area contributed by atoms with E-state index in [-0.39, 0.29) is 12.0 Å². The van der Waals surface area contributed by atoms with E-state index in [1.165, 1.54) is 0 Å². The number of amides is 1. The lowest BCUT2D eigenvalue weighted by atomic mass is 9.93. The van der Waals surface area contributed by atoms with Gasteiger partial charge >= 0.3 is 0 Å². The molecule has 0 spiro atoms. The largest absolute Gasteiger partial charge is 0.393 e. The van der Waals surface area contributed by atoms with Crippen LogP contribution in [0, 0.1) is 0 Å². The van der Waals surface area contributed by atoms with E-state index in [1.54, 1.807) is 0 Å². The quantitative estimate of drug-likeness (QED) is 0.581. The van der Waals surface area contributed by atoms with Crippen molar-refractivity contribution in [3.8, 4) is 0 Å². The first-order chi connectivity index (χ1) is 7.22. The van der Waals surface area contributed by atoms with Gasteiger partial charge in [-0.2, -0.15) is 0 Å². The predicted molar refractivity (Wildman–Crippen MR) is 59.6 cm³/mol. The van der Waals surface area contributed by atoms with Crippen molar-refractivity contribution in [3.05, 3.63) is 0 Å². The van der Waals surface area contributed by atoms with E-state index in [1.807, 2.05) is 6.92 Å². The maximum atomic E-state index is 10.9. The van der Waals surface area contributed by atoms with E-state index in [0.29, 0.717) is 19.0 Å². The van der Waals surface area contributed by atoms with Gasteiger partial charge in [-0.3, -0.25) is 4.79 Å². The smallest absolute Gasteiger partial charge is 0.219 e. The molecular formula is C11H22N2O2. The van der Waals surface area contributed by atoms with Crippen LogP contribution < -0.4 is 10.6 Å². The number of rotatable bonds is 5. The molecule has 0 heterocycles. The monoisotopic (exact) mass is 214 g/mol. The number of aliphatic hydroxyl groups is 1. The van der Waals surface area contributed by atoms with E-state index in [2.05, 4.69) is 10.6 Å². The van der Waals surface area contributed by atoms with Gasteiger partial charge in [0.1, 0.15) is 0 Å². The van der Waals surface area contributed by atoms with Gasteiger partial charge in [-0.25, -0.2) is 0 Å². The van der Waals surface area contributed by atoms with Crippen molar-refractivity contribution >= 4 is 5.91 Å². The number of hydrogen-bond acceptors (Lipinski definition) is 3. The number of aliphatic hydroxyl groups excluding tert-OH is 1. The van der Waals surface area contributed by atoms with Gasteiger partial charge in [0, 0.05) is 25.6 Å². The Hall–Kier alpha value is -0.610. The molecule has 0 aromatic heterocycles. The van der Waals surface area contributed by atoms with E-state index in [9.17, 15) is 9.90 Å². The first-order valence-corrected chi connectivity index (χ1v) is 5.90. The molecule has 0 saturated heterocycles.